The van der Waals surface area contributed by atoms with Crippen LogP contribution in [0.1, 0.15) is 32.6 Å². The Kier molecular flexibility index (Phi) is 4.50. The fourth-order valence-electron chi connectivity index (χ4n) is 1.52. The van der Waals surface area contributed by atoms with Crippen molar-refractivity contribution >= 4 is 6.03 Å². The molecule has 1 aliphatic rings. The number of nitrogens with zero attached hydrogens (tertiary/aromatic N) is 1. The number of rotatable bonds is 5. The van der Waals surface area contributed by atoms with Crippen LogP contribution in [0, 0.1) is 0 Å². The molecule has 1 saturated carbocycles. The molecule has 0 atom stereocenters. The molecule has 3 heteroatoms. The van der Waals surface area contributed by atoms with Gasteiger partial charge in [0.25, 0.3) is 0 Å². The third-order valence-electron chi connectivity index (χ3n) is 2.56. The van der Waals surface area contributed by atoms with E-state index in [2.05, 4.69) is 18.8 Å². The van der Waals surface area contributed by atoms with E-state index in [1.807, 2.05) is 4.90 Å². The van der Waals surface area contributed by atoms with Gasteiger partial charge in [-0.2, -0.15) is 0 Å². The molecule has 0 radical (unpaired) electrons. The zero-order chi connectivity index (χ0) is 10.4. The molecular formula is C11H20N2O. The maximum Gasteiger partial charge on any atom is 0.317 e. The Hall–Kier alpha value is -0.990. The Balaban J connectivity index is 2.31. The minimum Gasteiger partial charge on any atom is -0.335 e. The highest BCUT2D eigenvalue weighted by Gasteiger charge is 2.21. The van der Waals surface area contributed by atoms with Crippen molar-refractivity contribution in [2.45, 2.75) is 38.6 Å². The van der Waals surface area contributed by atoms with Crippen LogP contribution in [0.15, 0.2) is 12.7 Å². The second-order valence-electron chi connectivity index (χ2n) is 3.81. The minimum absolute atomic E-state index is 0.0662. The van der Waals surface area contributed by atoms with Crippen LogP contribution >= 0.6 is 0 Å². The lowest BCUT2D eigenvalue weighted by atomic mass is 9.93. The summed E-state index contributed by atoms with van der Waals surface area (Å²) < 4.78 is 0. The average Bonchev–Trinajstić information content (AvgIpc) is 2.11. The predicted molar refractivity (Wildman–Crippen MR) is 58.2 cm³/mol. The van der Waals surface area contributed by atoms with Crippen LogP contribution in [0.2, 0.25) is 0 Å². The van der Waals surface area contributed by atoms with Gasteiger partial charge in [-0.3, -0.25) is 0 Å². The van der Waals surface area contributed by atoms with E-state index in [0.29, 0.717) is 12.6 Å². The number of urea groups is 1. The third kappa shape index (κ3) is 3.05. The highest BCUT2D eigenvalue weighted by molar-refractivity contribution is 5.74. The monoisotopic (exact) mass is 196 g/mol. The van der Waals surface area contributed by atoms with Gasteiger partial charge in [-0.15, -0.1) is 6.58 Å². The molecule has 0 aliphatic heterocycles. The molecule has 3 nitrogen and oxygen atoms in total. The standard InChI is InChI=1S/C11H20N2O/c1-3-8-13(9-4-2)11(14)12-10-6-5-7-10/h3,10H,1,4-9H2,2H3,(H,12,14). The maximum atomic E-state index is 11.7. The van der Waals surface area contributed by atoms with Gasteiger partial charge < -0.3 is 10.2 Å². The number of hydrogen-bond donors (Lipinski definition) is 1. The first kappa shape index (κ1) is 11.1. The number of hydrogen-bond acceptors (Lipinski definition) is 1. The van der Waals surface area contributed by atoms with Gasteiger partial charge in [-0.1, -0.05) is 13.0 Å². The second kappa shape index (κ2) is 5.68. The summed E-state index contributed by atoms with van der Waals surface area (Å²) in [5.74, 6) is 0. The molecule has 80 valence electrons. The summed E-state index contributed by atoms with van der Waals surface area (Å²) in [5, 5.41) is 3.03. The summed E-state index contributed by atoms with van der Waals surface area (Å²) in [6.07, 6.45) is 6.29. The van der Waals surface area contributed by atoms with Gasteiger partial charge in [-0.05, 0) is 25.7 Å². The highest BCUT2D eigenvalue weighted by atomic mass is 16.2. The van der Waals surface area contributed by atoms with E-state index in [4.69, 9.17) is 0 Å². The van der Waals surface area contributed by atoms with Gasteiger partial charge >= 0.3 is 6.03 Å². The molecule has 0 bridgehead atoms. The highest BCUT2D eigenvalue weighted by Crippen LogP contribution is 2.18. The average molecular weight is 196 g/mol. The van der Waals surface area contributed by atoms with E-state index in [1.54, 1.807) is 6.08 Å². The largest absolute Gasteiger partial charge is 0.335 e. The molecule has 0 unspecified atom stereocenters. The van der Waals surface area contributed by atoms with E-state index in [9.17, 15) is 4.79 Å². The molecule has 0 heterocycles. The smallest absolute Gasteiger partial charge is 0.317 e. The van der Waals surface area contributed by atoms with Gasteiger partial charge in [-0.25, -0.2) is 4.79 Å². The van der Waals surface area contributed by atoms with Crippen LogP contribution in [0.4, 0.5) is 4.79 Å². The first-order valence-electron chi connectivity index (χ1n) is 5.44. The predicted octanol–water partition coefficient (Wildman–Crippen LogP) is 2.15. The molecule has 14 heavy (non-hydrogen) atoms. The second-order valence-corrected chi connectivity index (χ2v) is 3.81. The molecule has 2 amide bonds. The van der Waals surface area contributed by atoms with Crippen LogP contribution < -0.4 is 5.32 Å². The SMILES string of the molecule is C=CCN(CCC)C(=O)NC1CCC1. The van der Waals surface area contributed by atoms with Crippen molar-refractivity contribution in [2.24, 2.45) is 0 Å². The van der Waals surface area contributed by atoms with Crippen molar-refractivity contribution in [3.63, 3.8) is 0 Å². The molecule has 1 N–H and O–H groups in total. The molecule has 0 saturated heterocycles. The van der Waals surface area contributed by atoms with E-state index >= 15 is 0 Å². The lowest BCUT2D eigenvalue weighted by Gasteiger charge is -2.30. The van der Waals surface area contributed by atoms with Gasteiger partial charge in [0.15, 0.2) is 0 Å². The number of nitrogens with one attached hydrogen (secondary N) is 1. The van der Waals surface area contributed by atoms with Crippen LogP contribution in [0.5, 0.6) is 0 Å². The van der Waals surface area contributed by atoms with E-state index in [0.717, 1.165) is 25.8 Å². The molecule has 0 aromatic rings. The van der Waals surface area contributed by atoms with Crippen LogP contribution in [-0.2, 0) is 0 Å². The molecule has 1 fully saturated rings. The minimum atomic E-state index is 0.0662. The maximum absolute atomic E-state index is 11.7. The van der Waals surface area contributed by atoms with Crippen molar-refractivity contribution < 1.29 is 4.79 Å². The summed E-state index contributed by atoms with van der Waals surface area (Å²) in [7, 11) is 0. The molecule has 0 spiro atoms. The lowest BCUT2D eigenvalue weighted by Crippen LogP contribution is -2.47. The first-order valence-corrected chi connectivity index (χ1v) is 5.44. The van der Waals surface area contributed by atoms with E-state index < -0.39 is 0 Å². The van der Waals surface area contributed by atoms with Crippen molar-refractivity contribution in [1.82, 2.24) is 10.2 Å². The zero-order valence-corrected chi connectivity index (χ0v) is 8.96. The summed E-state index contributed by atoms with van der Waals surface area (Å²) in [6, 6.07) is 0.489. The first-order chi connectivity index (χ1) is 6.77. The Bertz CT molecular complexity index is 199. The molecular weight excluding hydrogens is 176 g/mol. The van der Waals surface area contributed by atoms with E-state index in [-0.39, 0.29) is 6.03 Å². The Morgan fingerprint density at radius 2 is 2.36 bits per heavy atom. The summed E-state index contributed by atoms with van der Waals surface area (Å²) in [5.41, 5.74) is 0. The lowest BCUT2D eigenvalue weighted by molar-refractivity contribution is 0.191. The number of amides is 2. The number of carbonyl (C=O) groups excluding carboxylic acids is 1. The van der Waals surface area contributed by atoms with Crippen LogP contribution in [0.3, 0.4) is 0 Å². The van der Waals surface area contributed by atoms with Gasteiger partial charge in [0.1, 0.15) is 0 Å². The van der Waals surface area contributed by atoms with Crippen molar-refractivity contribution in [2.75, 3.05) is 13.1 Å². The van der Waals surface area contributed by atoms with Gasteiger partial charge in [0, 0.05) is 19.1 Å². The molecule has 1 rings (SSSR count). The van der Waals surface area contributed by atoms with Gasteiger partial charge in [0.2, 0.25) is 0 Å². The quantitative estimate of drug-likeness (QED) is 0.671. The molecule has 1 aliphatic carbocycles. The Morgan fingerprint density at radius 3 is 2.79 bits per heavy atom. The summed E-state index contributed by atoms with van der Waals surface area (Å²) in [4.78, 5) is 13.5. The fraction of sp³-hybridized carbons (Fsp3) is 0.727. The van der Waals surface area contributed by atoms with Crippen molar-refractivity contribution in [1.29, 1.82) is 0 Å². The molecule has 0 aromatic carbocycles. The molecule has 0 aromatic heterocycles. The number of carbonyl (C=O) groups is 1. The third-order valence-corrected chi connectivity index (χ3v) is 2.56. The topological polar surface area (TPSA) is 32.3 Å². The van der Waals surface area contributed by atoms with Crippen molar-refractivity contribution in [3.05, 3.63) is 12.7 Å². The van der Waals surface area contributed by atoms with Crippen molar-refractivity contribution in [3.8, 4) is 0 Å². The van der Waals surface area contributed by atoms with Gasteiger partial charge in [0.05, 0.1) is 0 Å². The van der Waals surface area contributed by atoms with E-state index in [1.165, 1.54) is 6.42 Å². The Labute approximate surface area is 86.2 Å². The van der Waals surface area contributed by atoms with Crippen LogP contribution in [-0.4, -0.2) is 30.1 Å². The fourth-order valence-corrected chi connectivity index (χ4v) is 1.52. The zero-order valence-electron chi connectivity index (χ0n) is 8.96. The summed E-state index contributed by atoms with van der Waals surface area (Å²) >= 11 is 0. The summed E-state index contributed by atoms with van der Waals surface area (Å²) in [6.45, 7) is 7.19. The van der Waals surface area contributed by atoms with Crippen LogP contribution in [0.25, 0.3) is 0 Å². The Morgan fingerprint density at radius 1 is 1.64 bits per heavy atom. The normalized spacial score (nSPS) is 15.8.